The second kappa shape index (κ2) is 7.77. The van der Waals surface area contributed by atoms with Gasteiger partial charge < -0.3 is 25.3 Å². The van der Waals surface area contributed by atoms with Crippen LogP contribution >= 0.6 is 0 Å². The van der Waals surface area contributed by atoms with Gasteiger partial charge in [-0.3, -0.25) is 9.59 Å². The zero-order chi connectivity index (χ0) is 19.4. The molecule has 0 bridgehead atoms. The van der Waals surface area contributed by atoms with Crippen molar-refractivity contribution in [2.75, 3.05) is 18.5 Å². The Balaban J connectivity index is 1.60. The van der Waals surface area contributed by atoms with Crippen molar-refractivity contribution in [2.24, 2.45) is 5.73 Å². The van der Waals surface area contributed by atoms with Crippen molar-refractivity contribution in [1.82, 2.24) is 0 Å². The number of rotatable bonds is 5. The van der Waals surface area contributed by atoms with Crippen molar-refractivity contribution in [2.45, 2.75) is 13.0 Å². The van der Waals surface area contributed by atoms with Crippen molar-refractivity contribution < 1.29 is 28.6 Å². The zero-order valence-electron chi connectivity index (χ0n) is 14.6. The van der Waals surface area contributed by atoms with Crippen LogP contribution in [0.25, 0.3) is 0 Å². The maximum Gasteiger partial charge on any atom is 0.339 e. The van der Waals surface area contributed by atoms with Crippen LogP contribution in [0.15, 0.2) is 42.5 Å². The van der Waals surface area contributed by atoms with Gasteiger partial charge in [0.15, 0.2) is 17.6 Å². The summed E-state index contributed by atoms with van der Waals surface area (Å²) >= 11 is 0. The quantitative estimate of drug-likeness (QED) is 0.774. The molecule has 0 aromatic heterocycles. The van der Waals surface area contributed by atoms with E-state index < -0.39 is 23.9 Å². The summed E-state index contributed by atoms with van der Waals surface area (Å²) in [6, 6.07) is 10.7. The molecule has 0 saturated heterocycles. The summed E-state index contributed by atoms with van der Waals surface area (Å²) in [4.78, 5) is 35.5. The zero-order valence-corrected chi connectivity index (χ0v) is 14.6. The molecular weight excluding hydrogens is 352 g/mol. The number of nitrogens with one attached hydrogen (secondary N) is 1. The van der Waals surface area contributed by atoms with Crippen molar-refractivity contribution in [1.29, 1.82) is 0 Å². The van der Waals surface area contributed by atoms with Gasteiger partial charge in [-0.25, -0.2) is 4.79 Å². The van der Waals surface area contributed by atoms with Crippen molar-refractivity contribution in [3.05, 3.63) is 53.6 Å². The topological polar surface area (TPSA) is 117 Å². The normalized spacial score (nSPS) is 13.4. The lowest BCUT2D eigenvalue weighted by Gasteiger charge is -2.19. The van der Waals surface area contributed by atoms with Gasteiger partial charge in [-0.15, -0.1) is 0 Å². The fourth-order valence-electron chi connectivity index (χ4n) is 2.41. The Labute approximate surface area is 155 Å². The van der Waals surface area contributed by atoms with Crippen molar-refractivity contribution in [3.8, 4) is 11.5 Å². The van der Waals surface area contributed by atoms with Crippen LogP contribution in [0, 0.1) is 0 Å². The highest BCUT2D eigenvalue weighted by Crippen LogP contribution is 2.31. The highest BCUT2D eigenvalue weighted by atomic mass is 16.6. The summed E-state index contributed by atoms with van der Waals surface area (Å²) in [6.07, 6.45) is -1.03. The molecule has 1 aliphatic rings. The molecule has 3 N–H and O–H groups in total. The lowest BCUT2D eigenvalue weighted by molar-refractivity contribution is -0.123. The maximum atomic E-state index is 12.3. The third-order valence-corrected chi connectivity index (χ3v) is 3.87. The van der Waals surface area contributed by atoms with Gasteiger partial charge in [-0.05, 0) is 49.4 Å². The molecule has 27 heavy (non-hydrogen) atoms. The number of anilines is 1. The minimum absolute atomic E-state index is 0.254. The average molecular weight is 370 g/mol. The Bertz CT molecular complexity index is 878. The largest absolute Gasteiger partial charge is 0.486 e. The van der Waals surface area contributed by atoms with Gasteiger partial charge in [0.05, 0.1) is 5.56 Å². The lowest BCUT2D eigenvalue weighted by atomic mass is 10.2. The van der Waals surface area contributed by atoms with Crippen LogP contribution in [0.4, 0.5) is 5.69 Å². The van der Waals surface area contributed by atoms with Crippen LogP contribution in [-0.2, 0) is 9.53 Å². The molecule has 0 spiro atoms. The molecule has 140 valence electrons. The molecule has 2 amide bonds. The molecule has 2 aromatic carbocycles. The van der Waals surface area contributed by atoms with Gasteiger partial charge in [0.25, 0.3) is 5.91 Å². The van der Waals surface area contributed by atoms with Crippen LogP contribution in [0.3, 0.4) is 0 Å². The minimum atomic E-state index is -1.03. The second-order valence-corrected chi connectivity index (χ2v) is 5.84. The van der Waals surface area contributed by atoms with Gasteiger partial charge in [-0.1, -0.05) is 0 Å². The number of carbonyl (C=O) groups excluding carboxylic acids is 3. The van der Waals surface area contributed by atoms with Gasteiger partial charge >= 0.3 is 5.97 Å². The monoisotopic (exact) mass is 370 g/mol. The Morgan fingerprint density at radius 1 is 1.00 bits per heavy atom. The molecule has 0 unspecified atom stereocenters. The van der Waals surface area contributed by atoms with Crippen molar-refractivity contribution in [3.63, 3.8) is 0 Å². The van der Waals surface area contributed by atoms with E-state index >= 15 is 0 Å². The van der Waals surface area contributed by atoms with E-state index in [0.717, 1.165) is 0 Å². The van der Waals surface area contributed by atoms with Crippen molar-refractivity contribution >= 4 is 23.5 Å². The first-order valence-electron chi connectivity index (χ1n) is 8.25. The average Bonchev–Trinajstić information content (AvgIpc) is 2.67. The summed E-state index contributed by atoms with van der Waals surface area (Å²) in [5.41, 5.74) is 6.20. The van der Waals surface area contributed by atoms with E-state index in [2.05, 4.69) is 5.32 Å². The van der Waals surface area contributed by atoms with E-state index in [1.165, 1.54) is 37.3 Å². The summed E-state index contributed by atoms with van der Waals surface area (Å²) in [5, 5.41) is 2.60. The number of fused-ring (bicyclic) bond motifs is 1. The van der Waals surface area contributed by atoms with Crippen LogP contribution in [0.1, 0.15) is 27.6 Å². The van der Waals surface area contributed by atoms with E-state index in [1.54, 1.807) is 12.1 Å². The number of nitrogens with two attached hydrogens (primary N) is 1. The van der Waals surface area contributed by atoms with E-state index in [4.69, 9.17) is 19.9 Å². The first-order valence-corrected chi connectivity index (χ1v) is 8.25. The summed E-state index contributed by atoms with van der Waals surface area (Å²) < 4.78 is 16.0. The number of benzene rings is 2. The molecule has 1 atom stereocenters. The molecule has 2 aromatic rings. The molecule has 8 heteroatoms. The molecule has 1 aliphatic heterocycles. The van der Waals surface area contributed by atoms with Crippen LogP contribution in [0.2, 0.25) is 0 Å². The summed E-state index contributed by atoms with van der Waals surface area (Å²) in [5.74, 6) is -0.702. The van der Waals surface area contributed by atoms with Gasteiger partial charge in [-0.2, -0.15) is 0 Å². The Morgan fingerprint density at radius 2 is 1.63 bits per heavy atom. The predicted octanol–water partition coefficient (Wildman–Crippen LogP) is 1.74. The lowest BCUT2D eigenvalue weighted by Crippen LogP contribution is -2.30. The number of amides is 2. The third-order valence-electron chi connectivity index (χ3n) is 3.87. The summed E-state index contributed by atoms with van der Waals surface area (Å²) in [6.45, 7) is 2.32. The van der Waals surface area contributed by atoms with E-state index in [0.29, 0.717) is 36.0 Å². The number of carbonyl (C=O) groups is 3. The SMILES string of the molecule is C[C@@H](OC(=O)c1ccc2c(c1)OCCO2)C(=O)Nc1ccc(C(N)=O)cc1. The van der Waals surface area contributed by atoms with Gasteiger partial charge in [0.2, 0.25) is 5.91 Å². The molecule has 1 heterocycles. The standard InChI is InChI=1S/C19H18N2O6/c1-11(18(23)21-14-5-2-12(3-6-14)17(20)22)27-19(24)13-4-7-15-16(10-13)26-9-8-25-15/h2-7,10-11H,8-9H2,1H3,(H2,20,22)(H,21,23)/t11-/m1/s1. The first-order chi connectivity index (χ1) is 12.9. The van der Waals surface area contributed by atoms with E-state index in [9.17, 15) is 14.4 Å². The van der Waals surface area contributed by atoms with E-state index in [1.807, 2.05) is 0 Å². The molecule has 8 nitrogen and oxygen atoms in total. The number of primary amides is 1. The number of hydrogen-bond donors (Lipinski definition) is 2. The minimum Gasteiger partial charge on any atom is -0.486 e. The summed E-state index contributed by atoms with van der Waals surface area (Å²) in [7, 11) is 0. The van der Waals surface area contributed by atoms with Crippen LogP contribution in [0.5, 0.6) is 11.5 Å². The Hall–Kier alpha value is -3.55. The number of hydrogen-bond acceptors (Lipinski definition) is 6. The molecule has 0 radical (unpaired) electrons. The number of ether oxygens (including phenoxy) is 3. The highest BCUT2D eigenvalue weighted by molar-refractivity contribution is 5.98. The first kappa shape index (κ1) is 18.2. The molecular formula is C19H18N2O6. The molecule has 0 saturated carbocycles. The fraction of sp³-hybridized carbons (Fsp3) is 0.211. The smallest absolute Gasteiger partial charge is 0.339 e. The maximum absolute atomic E-state index is 12.3. The predicted molar refractivity (Wildman–Crippen MR) is 95.9 cm³/mol. The van der Waals surface area contributed by atoms with Gasteiger partial charge in [0.1, 0.15) is 13.2 Å². The van der Waals surface area contributed by atoms with Gasteiger partial charge in [0, 0.05) is 11.3 Å². The number of esters is 1. The second-order valence-electron chi connectivity index (χ2n) is 5.84. The van der Waals surface area contributed by atoms with Crippen LogP contribution in [-0.4, -0.2) is 37.1 Å². The molecule has 0 aliphatic carbocycles. The van der Waals surface area contributed by atoms with Crippen LogP contribution < -0.4 is 20.5 Å². The third kappa shape index (κ3) is 4.35. The van der Waals surface area contributed by atoms with E-state index in [-0.39, 0.29) is 5.56 Å². The fourth-order valence-corrected chi connectivity index (χ4v) is 2.41. The molecule has 0 fully saturated rings. The Kier molecular flexibility index (Phi) is 5.25. The highest BCUT2D eigenvalue weighted by Gasteiger charge is 2.21. The Morgan fingerprint density at radius 3 is 2.30 bits per heavy atom. The molecule has 3 rings (SSSR count).